The van der Waals surface area contributed by atoms with E-state index in [1.807, 2.05) is 19.1 Å². The Hall–Kier alpha value is -2.10. The number of benzene rings is 2. The smallest absolute Gasteiger partial charge is 0.260 e. The first kappa shape index (κ1) is 24.0. The van der Waals surface area contributed by atoms with Crippen LogP contribution >= 0.6 is 35.3 Å². The van der Waals surface area contributed by atoms with Crippen molar-refractivity contribution in [3.63, 3.8) is 0 Å². The quantitative estimate of drug-likeness (QED) is 0.476. The van der Waals surface area contributed by atoms with E-state index in [-0.39, 0.29) is 25.1 Å². The van der Waals surface area contributed by atoms with Gasteiger partial charge in [0.2, 0.25) is 6.79 Å². The van der Waals surface area contributed by atoms with Gasteiger partial charge in [-0.25, -0.2) is 4.98 Å². The number of aromatic nitrogens is 1. The predicted molar refractivity (Wildman–Crippen MR) is 133 cm³/mol. The molecular formula is C23H25Cl2N3O4S. The average molecular weight is 510 g/mol. The Labute approximate surface area is 207 Å². The van der Waals surface area contributed by atoms with E-state index in [2.05, 4.69) is 4.90 Å². The van der Waals surface area contributed by atoms with Crippen molar-refractivity contribution in [1.29, 1.82) is 0 Å². The predicted octanol–water partition coefficient (Wildman–Crippen LogP) is 4.78. The Kier molecular flexibility index (Phi) is 7.61. The third-order valence-electron chi connectivity index (χ3n) is 5.79. The number of fused-ring (bicyclic) bond motifs is 2. The molecule has 0 aliphatic carbocycles. The summed E-state index contributed by atoms with van der Waals surface area (Å²) in [5.41, 5.74) is 2.32. The monoisotopic (exact) mass is 509 g/mol. The van der Waals surface area contributed by atoms with E-state index in [4.69, 9.17) is 30.8 Å². The zero-order valence-corrected chi connectivity index (χ0v) is 20.6. The first-order chi connectivity index (χ1) is 15.6. The molecule has 2 aliphatic rings. The molecule has 7 nitrogen and oxygen atoms in total. The van der Waals surface area contributed by atoms with Crippen molar-refractivity contribution in [2.75, 3.05) is 51.1 Å². The van der Waals surface area contributed by atoms with Crippen LogP contribution in [-0.4, -0.2) is 62.0 Å². The van der Waals surface area contributed by atoms with E-state index in [1.54, 1.807) is 23.1 Å². The molecule has 3 aromatic rings. The lowest BCUT2D eigenvalue weighted by Crippen LogP contribution is -2.39. The Morgan fingerprint density at radius 2 is 1.97 bits per heavy atom. The molecule has 2 aliphatic heterocycles. The largest absolute Gasteiger partial charge is 0.454 e. The number of carbonyl (C=O) groups is 1. The number of hydrogen-bond donors (Lipinski definition) is 0. The van der Waals surface area contributed by atoms with Crippen LogP contribution in [0.4, 0.5) is 5.13 Å². The van der Waals surface area contributed by atoms with Crippen LogP contribution in [0.5, 0.6) is 11.5 Å². The van der Waals surface area contributed by atoms with Gasteiger partial charge in [0.05, 0.1) is 23.4 Å². The summed E-state index contributed by atoms with van der Waals surface area (Å²) < 4.78 is 17.3. The lowest BCUT2D eigenvalue weighted by atomic mass is 10.1. The molecule has 0 N–H and O–H groups in total. The van der Waals surface area contributed by atoms with Crippen molar-refractivity contribution < 1.29 is 19.0 Å². The van der Waals surface area contributed by atoms with Crippen LogP contribution in [0.1, 0.15) is 22.3 Å². The summed E-state index contributed by atoms with van der Waals surface area (Å²) in [7, 11) is 0. The lowest BCUT2D eigenvalue weighted by molar-refractivity contribution is 0.0376. The molecule has 33 heavy (non-hydrogen) atoms. The van der Waals surface area contributed by atoms with Crippen molar-refractivity contribution in [3.05, 3.63) is 46.5 Å². The van der Waals surface area contributed by atoms with Gasteiger partial charge < -0.3 is 14.2 Å². The minimum atomic E-state index is -0.104. The van der Waals surface area contributed by atoms with Crippen molar-refractivity contribution >= 4 is 56.6 Å². The third-order valence-corrected chi connectivity index (χ3v) is 7.24. The number of amides is 1. The highest BCUT2D eigenvalue weighted by molar-refractivity contribution is 7.22. The van der Waals surface area contributed by atoms with Crippen molar-refractivity contribution in [3.8, 4) is 11.5 Å². The molecule has 0 radical (unpaired) electrons. The minimum Gasteiger partial charge on any atom is -0.454 e. The summed E-state index contributed by atoms with van der Waals surface area (Å²) in [6.45, 7) is 6.98. The van der Waals surface area contributed by atoms with Crippen LogP contribution < -0.4 is 14.4 Å². The van der Waals surface area contributed by atoms with E-state index >= 15 is 0 Å². The van der Waals surface area contributed by atoms with Crippen molar-refractivity contribution in [1.82, 2.24) is 9.88 Å². The number of ether oxygens (including phenoxy) is 3. The summed E-state index contributed by atoms with van der Waals surface area (Å²) >= 11 is 7.81. The molecule has 10 heteroatoms. The van der Waals surface area contributed by atoms with Gasteiger partial charge in [-0.2, -0.15) is 0 Å². The number of rotatable bonds is 6. The molecule has 0 unspecified atom stereocenters. The van der Waals surface area contributed by atoms with Gasteiger partial charge in [-0.15, -0.1) is 12.4 Å². The van der Waals surface area contributed by atoms with Gasteiger partial charge in [0.15, 0.2) is 16.6 Å². The summed E-state index contributed by atoms with van der Waals surface area (Å²) in [5.74, 6) is 1.15. The summed E-state index contributed by atoms with van der Waals surface area (Å²) in [4.78, 5) is 22.5. The highest BCUT2D eigenvalue weighted by Crippen LogP contribution is 2.36. The maximum absolute atomic E-state index is 13.6. The van der Waals surface area contributed by atoms with Gasteiger partial charge in [0.25, 0.3) is 5.91 Å². The second-order valence-electron chi connectivity index (χ2n) is 7.85. The zero-order chi connectivity index (χ0) is 22.1. The Balaban J connectivity index is 0.00000259. The van der Waals surface area contributed by atoms with E-state index in [9.17, 15) is 4.79 Å². The van der Waals surface area contributed by atoms with Crippen LogP contribution in [0.15, 0.2) is 30.3 Å². The molecule has 0 spiro atoms. The maximum atomic E-state index is 13.6. The fourth-order valence-electron chi connectivity index (χ4n) is 3.95. The number of thiazole rings is 1. The standard InChI is InChI=1S/C23H24ClN3O4S.ClH/c1-15-17(24)4-6-20-21(15)25-23(32-20)27(8-2-7-26-9-11-29-12-10-26)22(28)16-3-5-18-19(13-16)31-14-30-18;/h3-6,13H,2,7-12,14H2,1H3;1H. The van der Waals surface area contributed by atoms with Gasteiger partial charge >= 0.3 is 0 Å². The van der Waals surface area contributed by atoms with E-state index in [0.717, 1.165) is 55.0 Å². The van der Waals surface area contributed by atoms with Gasteiger partial charge in [-0.05, 0) is 49.2 Å². The number of nitrogens with zero attached hydrogens (tertiary/aromatic N) is 3. The summed E-state index contributed by atoms with van der Waals surface area (Å²) in [6.07, 6.45) is 0.839. The number of carbonyl (C=O) groups excluding carboxylic acids is 1. The van der Waals surface area contributed by atoms with Gasteiger partial charge in [0.1, 0.15) is 0 Å². The topological polar surface area (TPSA) is 64.1 Å². The molecule has 0 atom stereocenters. The van der Waals surface area contributed by atoms with Crippen LogP contribution in [0.3, 0.4) is 0 Å². The maximum Gasteiger partial charge on any atom is 0.260 e. The van der Waals surface area contributed by atoms with Gasteiger partial charge in [-0.3, -0.25) is 14.6 Å². The second-order valence-corrected chi connectivity index (χ2v) is 9.26. The van der Waals surface area contributed by atoms with Crippen LogP contribution in [-0.2, 0) is 4.74 Å². The van der Waals surface area contributed by atoms with Crippen LogP contribution in [0.2, 0.25) is 5.02 Å². The molecule has 5 rings (SSSR count). The highest BCUT2D eigenvalue weighted by atomic mass is 35.5. The van der Waals surface area contributed by atoms with Crippen LogP contribution in [0, 0.1) is 6.92 Å². The molecule has 2 aromatic carbocycles. The highest BCUT2D eigenvalue weighted by Gasteiger charge is 2.24. The first-order valence-corrected chi connectivity index (χ1v) is 11.9. The summed E-state index contributed by atoms with van der Waals surface area (Å²) in [6, 6.07) is 9.14. The van der Waals surface area contributed by atoms with Crippen molar-refractivity contribution in [2.24, 2.45) is 0 Å². The molecule has 0 bridgehead atoms. The number of hydrogen-bond acceptors (Lipinski definition) is 7. The Morgan fingerprint density at radius 3 is 2.79 bits per heavy atom. The second kappa shape index (κ2) is 10.4. The molecule has 1 fully saturated rings. The van der Waals surface area contributed by atoms with Crippen LogP contribution in [0.25, 0.3) is 10.2 Å². The molecule has 176 valence electrons. The first-order valence-electron chi connectivity index (χ1n) is 10.7. The molecule has 1 amide bonds. The van der Waals surface area contributed by atoms with Crippen molar-refractivity contribution in [2.45, 2.75) is 13.3 Å². The fourth-order valence-corrected chi connectivity index (χ4v) is 5.15. The molecule has 1 aromatic heterocycles. The van der Waals surface area contributed by atoms with E-state index < -0.39 is 0 Å². The third kappa shape index (κ3) is 5.05. The SMILES string of the molecule is Cc1c(Cl)ccc2sc(N(CCCN3CCOCC3)C(=O)c3ccc4c(c3)OCO4)nc12.Cl. The van der Waals surface area contributed by atoms with E-state index in [1.165, 1.54) is 11.3 Å². The number of halogens is 2. The Bertz CT molecular complexity index is 1150. The zero-order valence-electron chi connectivity index (χ0n) is 18.2. The average Bonchev–Trinajstić information content (AvgIpc) is 3.46. The minimum absolute atomic E-state index is 0. The number of aryl methyl sites for hydroxylation is 1. The normalized spacial score (nSPS) is 15.5. The van der Waals surface area contributed by atoms with Gasteiger partial charge in [0, 0.05) is 36.8 Å². The Morgan fingerprint density at radius 1 is 1.18 bits per heavy atom. The molecule has 0 saturated carbocycles. The van der Waals surface area contributed by atoms with E-state index in [0.29, 0.717) is 33.8 Å². The fraction of sp³-hybridized carbons (Fsp3) is 0.391. The lowest BCUT2D eigenvalue weighted by Gasteiger charge is -2.27. The number of morpholine rings is 1. The number of anilines is 1. The molecule has 1 saturated heterocycles. The molecular weight excluding hydrogens is 485 g/mol. The summed E-state index contributed by atoms with van der Waals surface area (Å²) in [5, 5.41) is 1.35. The molecule has 3 heterocycles. The van der Waals surface area contributed by atoms with Gasteiger partial charge in [-0.1, -0.05) is 22.9 Å².